The first kappa shape index (κ1) is 19.8. The highest BCUT2D eigenvalue weighted by atomic mass is 79.9. The zero-order valence-electron chi connectivity index (χ0n) is 16.0. The molecule has 1 heterocycles. The highest BCUT2D eigenvalue weighted by Crippen LogP contribution is 2.33. The quantitative estimate of drug-likeness (QED) is 0.664. The Labute approximate surface area is 169 Å². The van der Waals surface area contributed by atoms with Crippen LogP contribution >= 0.6 is 15.9 Å². The smallest absolute Gasteiger partial charge is 0.219 e. The van der Waals surface area contributed by atoms with Crippen LogP contribution in [0.3, 0.4) is 0 Å². The number of amides is 1. The summed E-state index contributed by atoms with van der Waals surface area (Å²) in [6.07, 6.45) is 2.39. The average Bonchev–Trinajstić information content (AvgIpc) is 2.65. The Morgan fingerprint density at radius 3 is 2.30 bits per heavy atom. The minimum Gasteiger partial charge on any atom is -0.343 e. The third kappa shape index (κ3) is 4.86. The van der Waals surface area contributed by atoms with Crippen molar-refractivity contribution in [3.63, 3.8) is 0 Å². The Hall–Kier alpha value is -1.94. The number of benzene rings is 2. The molecule has 2 aromatic carbocycles. The molecule has 3 nitrogen and oxygen atoms in total. The number of carbonyl (C=O) groups excluding carboxylic acids is 2. The first-order chi connectivity index (χ1) is 13.0. The summed E-state index contributed by atoms with van der Waals surface area (Å²) in [4.78, 5) is 26.8. The van der Waals surface area contributed by atoms with Gasteiger partial charge < -0.3 is 4.90 Å². The van der Waals surface area contributed by atoms with Crippen molar-refractivity contribution in [2.45, 2.75) is 39.0 Å². The summed E-state index contributed by atoms with van der Waals surface area (Å²) in [5.41, 5.74) is 3.27. The topological polar surface area (TPSA) is 37.4 Å². The molecule has 1 amide bonds. The van der Waals surface area contributed by atoms with Gasteiger partial charge in [0.05, 0.1) is 5.92 Å². The fraction of sp³-hybridized carbons (Fsp3) is 0.391. The molecule has 1 unspecified atom stereocenters. The van der Waals surface area contributed by atoms with Crippen LogP contribution in [0, 0.1) is 12.8 Å². The number of rotatable bonds is 5. The fourth-order valence-electron chi connectivity index (χ4n) is 3.96. The minimum absolute atomic E-state index is 0.132. The Balaban J connectivity index is 1.81. The molecule has 4 heteroatoms. The molecule has 27 heavy (non-hydrogen) atoms. The molecule has 0 bridgehead atoms. The van der Waals surface area contributed by atoms with Gasteiger partial charge in [0.2, 0.25) is 5.91 Å². The van der Waals surface area contributed by atoms with E-state index in [1.54, 1.807) is 6.92 Å². The number of halogens is 1. The zero-order valence-corrected chi connectivity index (χ0v) is 17.5. The molecule has 0 N–H and O–H groups in total. The maximum absolute atomic E-state index is 13.4. The van der Waals surface area contributed by atoms with Crippen LogP contribution in [0.2, 0.25) is 0 Å². The molecule has 1 atom stereocenters. The maximum atomic E-state index is 13.4. The van der Waals surface area contributed by atoms with Gasteiger partial charge in [-0.2, -0.15) is 0 Å². The fourth-order valence-corrected chi connectivity index (χ4v) is 4.22. The third-order valence-corrected chi connectivity index (χ3v) is 6.10. The molecule has 142 valence electrons. The molecule has 0 saturated carbocycles. The monoisotopic (exact) mass is 427 g/mol. The van der Waals surface area contributed by atoms with E-state index in [1.807, 2.05) is 41.3 Å². The lowest BCUT2D eigenvalue weighted by Gasteiger charge is -2.31. The first-order valence-electron chi connectivity index (χ1n) is 9.55. The van der Waals surface area contributed by atoms with Crippen LogP contribution in [0.15, 0.2) is 53.0 Å². The lowest BCUT2D eigenvalue weighted by Crippen LogP contribution is -2.37. The van der Waals surface area contributed by atoms with Gasteiger partial charge in [0, 0.05) is 30.9 Å². The van der Waals surface area contributed by atoms with Gasteiger partial charge in [-0.05, 0) is 54.5 Å². The van der Waals surface area contributed by atoms with Gasteiger partial charge in [0.15, 0.2) is 0 Å². The number of Topliss-reactive ketones (excluding diaryl/α,β-unsaturated/α-hetero) is 1. The van der Waals surface area contributed by atoms with Crippen molar-refractivity contribution in [1.82, 2.24) is 4.90 Å². The lowest BCUT2D eigenvalue weighted by atomic mass is 9.80. The summed E-state index contributed by atoms with van der Waals surface area (Å²) in [5.74, 6) is 0.528. The zero-order chi connectivity index (χ0) is 19.4. The van der Waals surface area contributed by atoms with Crippen LogP contribution in [-0.2, 0) is 9.59 Å². The summed E-state index contributed by atoms with van der Waals surface area (Å²) in [5, 5.41) is 0. The van der Waals surface area contributed by atoms with Crippen molar-refractivity contribution in [2.75, 3.05) is 13.1 Å². The second-order valence-corrected chi connectivity index (χ2v) is 8.38. The molecule has 1 aliphatic heterocycles. The number of aryl methyl sites for hydroxylation is 1. The van der Waals surface area contributed by atoms with Crippen LogP contribution < -0.4 is 0 Å². The summed E-state index contributed by atoms with van der Waals surface area (Å²) in [7, 11) is 0. The van der Waals surface area contributed by atoms with Crippen LogP contribution in [0.25, 0.3) is 0 Å². The van der Waals surface area contributed by atoms with Crippen molar-refractivity contribution in [3.8, 4) is 0 Å². The normalized spacial score (nSPS) is 16.2. The molecule has 0 aliphatic carbocycles. The maximum Gasteiger partial charge on any atom is 0.219 e. The third-order valence-electron chi connectivity index (χ3n) is 5.57. The van der Waals surface area contributed by atoms with E-state index in [4.69, 9.17) is 0 Å². The number of likely N-dealkylation sites (tertiary alicyclic amines) is 1. The van der Waals surface area contributed by atoms with Gasteiger partial charge in [-0.3, -0.25) is 9.59 Å². The molecular formula is C23H26BrNO2. The summed E-state index contributed by atoms with van der Waals surface area (Å²) in [6.45, 7) is 5.22. The van der Waals surface area contributed by atoms with Gasteiger partial charge in [-0.1, -0.05) is 52.3 Å². The molecule has 2 aromatic rings. The van der Waals surface area contributed by atoms with Crippen molar-refractivity contribution in [2.24, 2.45) is 5.92 Å². The Bertz CT molecular complexity index is 807. The van der Waals surface area contributed by atoms with Crippen LogP contribution in [-0.4, -0.2) is 29.7 Å². The number of hydrogen-bond donors (Lipinski definition) is 0. The van der Waals surface area contributed by atoms with E-state index >= 15 is 0 Å². The number of nitrogens with zero attached hydrogens (tertiary/aromatic N) is 1. The van der Waals surface area contributed by atoms with Crippen molar-refractivity contribution in [3.05, 3.63) is 69.7 Å². The van der Waals surface area contributed by atoms with E-state index < -0.39 is 0 Å². The van der Waals surface area contributed by atoms with Crippen LogP contribution in [0.5, 0.6) is 0 Å². The molecule has 1 aliphatic rings. The van der Waals surface area contributed by atoms with Gasteiger partial charge >= 0.3 is 0 Å². The predicted octanol–water partition coefficient (Wildman–Crippen LogP) is 5.11. The molecule has 3 rings (SSSR count). The SMILES string of the molecule is CC(=O)N1CCC(CC(=O)C(c2ccc(Br)cc2)c2ccccc2C)CC1. The molecular weight excluding hydrogens is 402 g/mol. The van der Waals surface area contributed by atoms with Crippen molar-refractivity contribution >= 4 is 27.6 Å². The standard InChI is InChI=1S/C23H26BrNO2/c1-16-5-3-4-6-21(16)23(19-7-9-20(24)10-8-19)22(27)15-18-11-13-25(14-12-18)17(2)26/h3-10,18,23H,11-15H2,1-2H3. The van der Waals surface area contributed by atoms with Crippen molar-refractivity contribution < 1.29 is 9.59 Å². The van der Waals surface area contributed by atoms with E-state index in [0.29, 0.717) is 12.3 Å². The molecule has 1 fully saturated rings. The van der Waals surface area contributed by atoms with Crippen LogP contribution in [0.4, 0.5) is 0 Å². The van der Waals surface area contributed by atoms with Crippen molar-refractivity contribution in [1.29, 1.82) is 0 Å². The van der Waals surface area contributed by atoms with E-state index in [2.05, 4.69) is 35.0 Å². The highest BCUT2D eigenvalue weighted by Gasteiger charge is 2.28. The van der Waals surface area contributed by atoms with Gasteiger partial charge in [0.25, 0.3) is 0 Å². The molecule has 0 aromatic heterocycles. The van der Waals surface area contributed by atoms with Crippen LogP contribution in [0.1, 0.15) is 48.8 Å². The molecule has 0 spiro atoms. The summed E-state index contributed by atoms with van der Waals surface area (Å²) in [6, 6.07) is 16.2. The summed E-state index contributed by atoms with van der Waals surface area (Å²) >= 11 is 3.48. The summed E-state index contributed by atoms with van der Waals surface area (Å²) < 4.78 is 1.01. The highest BCUT2D eigenvalue weighted by molar-refractivity contribution is 9.10. The Morgan fingerprint density at radius 1 is 1.07 bits per heavy atom. The average molecular weight is 428 g/mol. The number of ketones is 1. The van der Waals surface area contributed by atoms with E-state index in [9.17, 15) is 9.59 Å². The van der Waals surface area contributed by atoms with E-state index in [0.717, 1.165) is 47.1 Å². The lowest BCUT2D eigenvalue weighted by molar-refractivity contribution is -0.130. The number of piperidine rings is 1. The van der Waals surface area contributed by atoms with Gasteiger partial charge in [-0.15, -0.1) is 0 Å². The predicted molar refractivity (Wildman–Crippen MR) is 112 cm³/mol. The van der Waals surface area contributed by atoms with Gasteiger partial charge in [-0.25, -0.2) is 0 Å². The van der Waals surface area contributed by atoms with E-state index in [1.165, 1.54) is 0 Å². The van der Waals surface area contributed by atoms with E-state index in [-0.39, 0.29) is 17.6 Å². The molecule has 1 saturated heterocycles. The largest absolute Gasteiger partial charge is 0.343 e. The second kappa shape index (κ2) is 8.83. The number of carbonyl (C=O) groups is 2. The Kier molecular flexibility index (Phi) is 6.48. The first-order valence-corrected chi connectivity index (χ1v) is 10.3. The minimum atomic E-state index is -0.231. The number of hydrogen-bond acceptors (Lipinski definition) is 2. The second-order valence-electron chi connectivity index (χ2n) is 7.46. The van der Waals surface area contributed by atoms with Gasteiger partial charge in [0.1, 0.15) is 5.78 Å². The Morgan fingerprint density at radius 2 is 1.70 bits per heavy atom. The molecule has 0 radical (unpaired) electrons.